The van der Waals surface area contributed by atoms with Crippen LogP contribution in [0.4, 0.5) is 5.69 Å². The van der Waals surface area contributed by atoms with E-state index in [-0.39, 0.29) is 11.8 Å². The molecule has 114 valence electrons. The maximum absolute atomic E-state index is 12.7. The number of benzene rings is 2. The first-order chi connectivity index (χ1) is 10.7. The largest absolute Gasteiger partial charge is 0.398 e. The Morgan fingerprint density at radius 3 is 2.41 bits per heavy atom. The molecule has 0 spiro atoms. The Kier molecular flexibility index (Phi) is 4.11. The number of nitrogen functional groups attached to an aromatic ring is 1. The molecular formula is C18H21N3O. The molecule has 1 aliphatic heterocycles. The maximum atomic E-state index is 12.7. The van der Waals surface area contributed by atoms with Gasteiger partial charge in [-0.3, -0.25) is 4.79 Å². The van der Waals surface area contributed by atoms with Crippen molar-refractivity contribution < 1.29 is 4.79 Å². The molecule has 0 saturated carbocycles. The number of hydrogen-bond acceptors (Lipinski definition) is 3. The summed E-state index contributed by atoms with van der Waals surface area (Å²) in [7, 11) is 0. The van der Waals surface area contributed by atoms with Gasteiger partial charge in [-0.1, -0.05) is 42.5 Å². The van der Waals surface area contributed by atoms with Crippen LogP contribution in [0.5, 0.6) is 0 Å². The fourth-order valence-electron chi connectivity index (χ4n) is 3.22. The molecule has 2 atom stereocenters. The molecule has 22 heavy (non-hydrogen) atoms. The van der Waals surface area contributed by atoms with Gasteiger partial charge in [0.05, 0.1) is 5.56 Å². The number of carbonyl (C=O) groups is 1. The van der Waals surface area contributed by atoms with Crippen molar-refractivity contribution in [1.29, 1.82) is 0 Å². The summed E-state index contributed by atoms with van der Waals surface area (Å²) in [6.07, 6.45) is 0. The highest BCUT2D eigenvalue weighted by molar-refractivity contribution is 5.99. The van der Waals surface area contributed by atoms with E-state index in [1.165, 1.54) is 5.56 Å². The summed E-state index contributed by atoms with van der Waals surface area (Å²) < 4.78 is 0. The minimum absolute atomic E-state index is 0.00465. The van der Waals surface area contributed by atoms with Crippen molar-refractivity contribution >= 4 is 11.6 Å². The molecule has 1 fully saturated rings. The summed E-state index contributed by atoms with van der Waals surface area (Å²) in [5.74, 6) is 0.575. The lowest BCUT2D eigenvalue weighted by Crippen LogP contribution is -2.30. The molecule has 0 bridgehead atoms. The molecule has 1 heterocycles. The second-order valence-electron chi connectivity index (χ2n) is 5.81. The summed E-state index contributed by atoms with van der Waals surface area (Å²) in [5.41, 5.74) is 14.2. The van der Waals surface area contributed by atoms with E-state index in [9.17, 15) is 4.79 Å². The highest BCUT2D eigenvalue weighted by Crippen LogP contribution is 2.33. The van der Waals surface area contributed by atoms with E-state index in [2.05, 4.69) is 12.1 Å². The molecule has 0 aromatic heterocycles. The van der Waals surface area contributed by atoms with Crippen LogP contribution in [0.25, 0.3) is 0 Å². The summed E-state index contributed by atoms with van der Waals surface area (Å²) in [4.78, 5) is 14.6. The molecule has 0 aliphatic carbocycles. The number of rotatable bonds is 3. The Morgan fingerprint density at radius 1 is 1.05 bits per heavy atom. The highest BCUT2D eigenvalue weighted by Gasteiger charge is 2.35. The molecule has 1 aliphatic rings. The van der Waals surface area contributed by atoms with Gasteiger partial charge in [-0.05, 0) is 30.2 Å². The molecule has 1 saturated heterocycles. The fourth-order valence-corrected chi connectivity index (χ4v) is 3.22. The minimum Gasteiger partial charge on any atom is -0.398 e. The van der Waals surface area contributed by atoms with Gasteiger partial charge in [-0.15, -0.1) is 0 Å². The van der Waals surface area contributed by atoms with Crippen molar-refractivity contribution in [2.45, 2.75) is 5.92 Å². The van der Waals surface area contributed by atoms with Crippen molar-refractivity contribution in [3.63, 3.8) is 0 Å². The Bertz CT molecular complexity index is 656. The van der Waals surface area contributed by atoms with E-state index in [1.807, 2.05) is 35.2 Å². The normalized spacial score (nSPS) is 21.0. The topological polar surface area (TPSA) is 72.3 Å². The Labute approximate surface area is 130 Å². The number of nitrogens with two attached hydrogens (primary N) is 2. The van der Waals surface area contributed by atoms with E-state index in [4.69, 9.17) is 11.5 Å². The Balaban J connectivity index is 1.83. The number of para-hydroxylation sites is 1. The molecule has 4 nitrogen and oxygen atoms in total. The summed E-state index contributed by atoms with van der Waals surface area (Å²) in [5, 5.41) is 0. The van der Waals surface area contributed by atoms with Crippen LogP contribution in [0, 0.1) is 5.92 Å². The molecular weight excluding hydrogens is 274 g/mol. The first-order valence-corrected chi connectivity index (χ1v) is 7.59. The van der Waals surface area contributed by atoms with Gasteiger partial charge >= 0.3 is 0 Å². The van der Waals surface area contributed by atoms with Gasteiger partial charge in [-0.2, -0.15) is 0 Å². The van der Waals surface area contributed by atoms with Crippen molar-refractivity contribution in [3.8, 4) is 0 Å². The molecule has 4 N–H and O–H groups in total. The van der Waals surface area contributed by atoms with E-state index in [0.29, 0.717) is 36.8 Å². The van der Waals surface area contributed by atoms with Crippen molar-refractivity contribution in [1.82, 2.24) is 4.90 Å². The monoisotopic (exact) mass is 295 g/mol. The predicted octanol–water partition coefficient (Wildman–Crippen LogP) is 2.08. The van der Waals surface area contributed by atoms with Crippen LogP contribution in [0.1, 0.15) is 21.8 Å². The smallest absolute Gasteiger partial charge is 0.255 e. The molecule has 4 heteroatoms. The van der Waals surface area contributed by atoms with E-state index in [1.54, 1.807) is 12.1 Å². The molecule has 0 radical (unpaired) electrons. The van der Waals surface area contributed by atoms with E-state index >= 15 is 0 Å². The van der Waals surface area contributed by atoms with Crippen molar-refractivity contribution in [3.05, 3.63) is 65.7 Å². The summed E-state index contributed by atoms with van der Waals surface area (Å²) in [6, 6.07) is 17.5. The minimum atomic E-state index is -0.00465. The number of nitrogens with zero attached hydrogens (tertiary/aromatic N) is 1. The van der Waals surface area contributed by atoms with Crippen LogP contribution in [0.2, 0.25) is 0 Å². The third-order valence-electron chi connectivity index (χ3n) is 4.45. The Hall–Kier alpha value is -2.33. The first-order valence-electron chi connectivity index (χ1n) is 7.59. The lowest BCUT2D eigenvalue weighted by atomic mass is 9.89. The SMILES string of the molecule is NC[C@@H]1CN(C(=O)c2ccccc2N)C[C@H]1c1ccccc1. The van der Waals surface area contributed by atoms with Crippen LogP contribution in [0.15, 0.2) is 54.6 Å². The standard InChI is InChI=1S/C18H21N3O/c19-10-14-11-21(12-16(14)13-6-2-1-3-7-13)18(22)15-8-4-5-9-17(15)20/h1-9,14,16H,10-12,19-20H2/t14-,16+/m1/s1. The lowest BCUT2D eigenvalue weighted by molar-refractivity contribution is 0.0787. The fraction of sp³-hybridized carbons (Fsp3) is 0.278. The quantitative estimate of drug-likeness (QED) is 0.852. The van der Waals surface area contributed by atoms with Crippen LogP contribution in [0.3, 0.4) is 0 Å². The zero-order valence-corrected chi connectivity index (χ0v) is 12.5. The van der Waals surface area contributed by atoms with Gasteiger partial charge in [0.25, 0.3) is 5.91 Å². The second kappa shape index (κ2) is 6.20. The average Bonchev–Trinajstić information content (AvgIpc) is 3.00. The van der Waals surface area contributed by atoms with Crippen LogP contribution in [-0.2, 0) is 0 Å². The molecule has 1 amide bonds. The van der Waals surface area contributed by atoms with Gasteiger partial charge in [0.2, 0.25) is 0 Å². The van der Waals surface area contributed by atoms with Crippen LogP contribution < -0.4 is 11.5 Å². The number of hydrogen-bond donors (Lipinski definition) is 2. The molecule has 2 aromatic rings. The Morgan fingerprint density at radius 2 is 1.73 bits per heavy atom. The number of anilines is 1. The lowest BCUT2D eigenvalue weighted by Gasteiger charge is -2.17. The average molecular weight is 295 g/mol. The zero-order valence-electron chi connectivity index (χ0n) is 12.5. The first kappa shape index (κ1) is 14.6. The van der Waals surface area contributed by atoms with Gasteiger partial charge in [0.15, 0.2) is 0 Å². The van der Waals surface area contributed by atoms with Gasteiger partial charge < -0.3 is 16.4 Å². The molecule has 3 rings (SSSR count). The molecule has 2 aromatic carbocycles. The highest BCUT2D eigenvalue weighted by atomic mass is 16.2. The van der Waals surface area contributed by atoms with Crippen molar-refractivity contribution in [2.75, 3.05) is 25.4 Å². The third-order valence-corrected chi connectivity index (χ3v) is 4.45. The number of amides is 1. The number of likely N-dealkylation sites (tertiary alicyclic amines) is 1. The zero-order chi connectivity index (χ0) is 15.5. The molecule has 0 unspecified atom stereocenters. The van der Waals surface area contributed by atoms with Gasteiger partial charge in [0.1, 0.15) is 0 Å². The van der Waals surface area contributed by atoms with Crippen molar-refractivity contribution in [2.24, 2.45) is 11.7 Å². The third kappa shape index (κ3) is 2.70. The summed E-state index contributed by atoms with van der Waals surface area (Å²) in [6.45, 7) is 1.95. The van der Waals surface area contributed by atoms with E-state index < -0.39 is 0 Å². The van der Waals surface area contributed by atoms with Gasteiger partial charge in [0, 0.05) is 24.7 Å². The predicted molar refractivity (Wildman–Crippen MR) is 88.5 cm³/mol. The summed E-state index contributed by atoms with van der Waals surface area (Å²) >= 11 is 0. The van der Waals surface area contributed by atoms with Crippen LogP contribution >= 0.6 is 0 Å². The second-order valence-corrected chi connectivity index (χ2v) is 5.81. The van der Waals surface area contributed by atoms with Gasteiger partial charge in [-0.25, -0.2) is 0 Å². The maximum Gasteiger partial charge on any atom is 0.255 e. The number of carbonyl (C=O) groups excluding carboxylic acids is 1. The van der Waals surface area contributed by atoms with E-state index in [0.717, 1.165) is 0 Å². The van der Waals surface area contributed by atoms with Crippen LogP contribution in [-0.4, -0.2) is 30.4 Å².